The van der Waals surface area contributed by atoms with Gasteiger partial charge in [0, 0.05) is 14.2 Å². The highest BCUT2D eigenvalue weighted by Crippen LogP contribution is 2.22. The highest BCUT2D eigenvalue weighted by molar-refractivity contribution is 6.31. The van der Waals surface area contributed by atoms with E-state index in [-0.39, 0.29) is 6.04 Å². The van der Waals surface area contributed by atoms with Crippen LogP contribution < -0.4 is 11.3 Å². The molecule has 0 bridgehead atoms. The molecule has 1 heterocycles. The molecule has 0 aromatic carbocycles. The Labute approximate surface area is 117 Å². The van der Waals surface area contributed by atoms with Gasteiger partial charge in [-0.2, -0.15) is 5.10 Å². The predicted octanol–water partition coefficient (Wildman–Crippen LogP) is 0.350. The minimum atomic E-state index is -0.233. The fraction of sp³-hybridized carbons (Fsp3) is 0.727. The van der Waals surface area contributed by atoms with Gasteiger partial charge in [0.15, 0.2) is 0 Å². The molecule has 0 amide bonds. The Morgan fingerprint density at radius 2 is 2.11 bits per heavy atom. The summed E-state index contributed by atoms with van der Waals surface area (Å²) in [6, 6.07) is -0.233. The monoisotopic (exact) mass is 292 g/mol. The van der Waals surface area contributed by atoms with Crippen molar-refractivity contribution in [1.29, 1.82) is 0 Å². The highest BCUT2D eigenvalue weighted by Gasteiger charge is 2.19. The summed E-state index contributed by atoms with van der Waals surface area (Å²) in [7, 11) is 3.26. The van der Waals surface area contributed by atoms with Gasteiger partial charge in [-0.15, -0.1) is 0 Å². The summed E-state index contributed by atoms with van der Waals surface area (Å²) in [4.78, 5) is 0. The molecular weight excluding hydrogens is 272 g/mol. The molecule has 0 aliphatic rings. The molecule has 8 heteroatoms. The van der Waals surface area contributed by atoms with E-state index in [0.29, 0.717) is 38.0 Å². The van der Waals surface area contributed by atoms with Gasteiger partial charge in [-0.1, -0.05) is 11.6 Å². The summed E-state index contributed by atoms with van der Waals surface area (Å²) in [5, 5.41) is 4.75. The molecular formula is C11H21ClN4O3. The van der Waals surface area contributed by atoms with E-state index in [1.165, 1.54) is 0 Å². The van der Waals surface area contributed by atoms with Crippen molar-refractivity contribution >= 4 is 11.6 Å². The summed E-state index contributed by atoms with van der Waals surface area (Å²) < 4.78 is 17.2. The average Bonchev–Trinajstić information content (AvgIpc) is 2.78. The summed E-state index contributed by atoms with van der Waals surface area (Å²) in [5.74, 6) is 5.55. The first-order valence-electron chi connectivity index (χ1n) is 5.97. The van der Waals surface area contributed by atoms with Gasteiger partial charge in [-0.05, 0) is 0 Å². The maximum atomic E-state index is 6.14. The normalized spacial score (nSPS) is 12.8. The number of hydrazine groups is 1. The second kappa shape index (κ2) is 9.24. The first-order valence-corrected chi connectivity index (χ1v) is 6.35. The highest BCUT2D eigenvalue weighted by atomic mass is 35.5. The van der Waals surface area contributed by atoms with Gasteiger partial charge < -0.3 is 14.2 Å². The van der Waals surface area contributed by atoms with Gasteiger partial charge in [0.1, 0.15) is 0 Å². The first kappa shape index (κ1) is 16.4. The van der Waals surface area contributed by atoms with Crippen LogP contribution in [0.15, 0.2) is 6.20 Å². The Morgan fingerprint density at radius 3 is 2.74 bits per heavy atom. The fourth-order valence-electron chi connectivity index (χ4n) is 1.62. The third-order valence-corrected chi connectivity index (χ3v) is 2.88. The molecule has 0 aliphatic heterocycles. The molecule has 1 atom stereocenters. The molecule has 3 N–H and O–H groups in total. The lowest BCUT2D eigenvalue weighted by Gasteiger charge is -2.18. The van der Waals surface area contributed by atoms with Crippen LogP contribution in [0.2, 0.25) is 5.02 Å². The summed E-state index contributed by atoms with van der Waals surface area (Å²) in [6.07, 6.45) is 1.59. The van der Waals surface area contributed by atoms with Gasteiger partial charge in [-0.25, -0.2) is 5.43 Å². The lowest BCUT2D eigenvalue weighted by molar-refractivity contribution is 0.0571. The maximum absolute atomic E-state index is 6.14. The molecule has 1 aromatic rings. The van der Waals surface area contributed by atoms with E-state index in [2.05, 4.69) is 10.5 Å². The Kier molecular flexibility index (Phi) is 7.96. The third kappa shape index (κ3) is 5.06. The number of nitrogens with two attached hydrogens (primary N) is 1. The number of halogens is 1. The van der Waals surface area contributed by atoms with Gasteiger partial charge in [0.2, 0.25) is 0 Å². The van der Waals surface area contributed by atoms with Crippen LogP contribution in [0, 0.1) is 0 Å². The lowest BCUT2D eigenvalue weighted by Crippen LogP contribution is -2.34. The van der Waals surface area contributed by atoms with E-state index >= 15 is 0 Å². The van der Waals surface area contributed by atoms with Crippen molar-refractivity contribution in [1.82, 2.24) is 15.2 Å². The smallest absolute Gasteiger partial charge is 0.0877 e. The zero-order valence-electron chi connectivity index (χ0n) is 11.3. The average molecular weight is 293 g/mol. The molecule has 19 heavy (non-hydrogen) atoms. The maximum Gasteiger partial charge on any atom is 0.0877 e. The number of methoxy groups -OCH3 is 2. The molecule has 0 spiro atoms. The SMILES string of the molecule is COCCOCC(NN)c1c(Cl)cnn1CCOC. The second-order valence-corrected chi connectivity index (χ2v) is 4.29. The molecule has 1 rings (SSSR count). The zero-order valence-corrected chi connectivity index (χ0v) is 12.0. The summed E-state index contributed by atoms with van der Waals surface area (Å²) in [6.45, 7) is 2.58. The first-order chi connectivity index (χ1) is 9.24. The van der Waals surface area contributed by atoms with E-state index in [4.69, 9.17) is 31.7 Å². The largest absolute Gasteiger partial charge is 0.383 e. The number of nitrogens with one attached hydrogen (secondary N) is 1. The second-order valence-electron chi connectivity index (χ2n) is 3.88. The van der Waals surface area contributed by atoms with Crippen LogP contribution in [0.5, 0.6) is 0 Å². The van der Waals surface area contributed by atoms with Crippen LogP contribution in [-0.2, 0) is 20.8 Å². The number of hydrogen-bond acceptors (Lipinski definition) is 6. The quantitative estimate of drug-likeness (QED) is 0.368. The third-order valence-electron chi connectivity index (χ3n) is 2.59. The van der Waals surface area contributed by atoms with Crippen molar-refractivity contribution in [3.8, 4) is 0 Å². The van der Waals surface area contributed by atoms with Gasteiger partial charge in [-0.3, -0.25) is 10.5 Å². The molecule has 110 valence electrons. The van der Waals surface area contributed by atoms with Crippen molar-refractivity contribution in [2.24, 2.45) is 5.84 Å². The van der Waals surface area contributed by atoms with E-state index in [1.807, 2.05) is 0 Å². The number of ether oxygens (including phenoxy) is 3. The van der Waals surface area contributed by atoms with E-state index < -0.39 is 0 Å². The Hall–Kier alpha value is -0.700. The van der Waals surface area contributed by atoms with Crippen molar-refractivity contribution in [3.05, 3.63) is 16.9 Å². The number of rotatable bonds is 10. The molecule has 0 fully saturated rings. The Bertz CT molecular complexity index is 362. The zero-order chi connectivity index (χ0) is 14.1. The molecule has 7 nitrogen and oxygen atoms in total. The predicted molar refractivity (Wildman–Crippen MR) is 71.9 cm³/mol. The Morgan fingerprint density at radius 1 is 1.37 bits per heavy atom. The van der Waals surface area contributed by atoms with Gasteiger partial charge in [0.25, 0.3) is 0 Å². The minimum absolute atomic E-state index is 0.233. The van der Waals surface area contributed by atoms with E-state index in [9.17, 15) is 0 Å². The van der Waals surface area contributed by atoms with Gasteiger partial charge >= 0.3 is 0 Å². The molecule has 1 aromatic heterocycles. The number of hydrogen-bond donors (Lipinski definition) is 2. The van der Waals surface area contributed by atoms with Crippen LogP contribution >= 0.6 is 11.6 Å². The molecule has 0 radical (unpaired) electrons. The van der Waals surface area contributed by atoms with Crippen LogP contribution in [-0.4, -0.2) is 50.4 Å². The molecule has 0 saturated carbocycles. The Balaban J connectivity index is 2.65. The number of nitrogens with zero attached hydrogens (tertiary/aromatic N) is 2. The van der Waals surface area contributed by atoms with E-state index in [0.717, 1.165) is 5.69 Å². The van der Waals surface area contributed by atoms with Crippen LogP contribution in [0.4, 0.5) is 0 Å². The molecule has 0 saturated heterocycles. The fourth-order valence-corrected chi connectivity index (χ4v) is 1.90. The van der Waals surface area contributed by atoms with E-state index in [1.54, 1.807) is 25.1 Å². The molecule has 1 unspecified atom stereocenters. The summed E-state index contributed by atoms with van der Waals surface area (Å²) >= 11 is 6.14. The topological polar surface area (TPSA) is 83.6 Å². The molecule has 0 aliphatic carbocycles. The van der Waals surface area contributed by atoms with Crippen molar-refractivity contribution in [3.63, 3.8) is 0 Å². The van der Waals surface area contributed by atoms with Crippen LogP contribution in [0.1, 0.15) is 11.7 Å². The van der Waals surface area contributed by atoms with Crippen molar-refractivity contribution < 1.29 is 14.2 Å². The van der Waals surface area contributed by atoms with Crippen LogP contribution in [0.3, 0.4) is 0 Å². The van der Waals surface area contributed by atoms with Crippen molar-refractivity contribution in [2.45, 2.75) is 12.6 Å². The lowest BCUT2D eigenvalue weighted by atomic mass is 10.2. The van der Waals surface area contributed by atoms with Crippen molar-refractivity contribution in [2.75, 3.05) is 40.6 Å². The standard InChI is InChI=1S/C11H21ClN4O3/c1-17-4-3-16-11(9(12)7-14-16)10(15-13)8-19-6-5-18-2/h7,10,15H,3-6,8,13H2,1-2H3. The van der Waals surface area contributed by atoms with Gasteiger partial charge in [0.05, 0.1) is 55.9 Å². The number of aromatic nitrogens is 2. The summed E-state index contributed by atoms with van der Waals surface area (Å²) in [5.41, 5.74) is 3.48. The van der Waals surface area contributed by atoms with Crippen LogP contribution in [0.25, 0.3) is 0 Å². The minimum Gasteiger partial charge on any atom is -0.383 e.